The Labute approximate surface area is 134 Å². The zero-order valence-corrected chi connectivity index (χ0v) is 14.2. The molecule has 120 valence electrons. The smallest absolute Gasteiger partial charge is 0.191 e. The van der Waals surface area contributed by atoms with Gasteiger partial charge in [-0.3, -0.25) is 4.99 Å². The molecule has 0 bridgehead atoms. The molecule has 0 unspecified atom stereocenters. The van der Waals surface area contributed by atoms with Crippen LogP contribution in [0.15, 0.2) is 16.7 Å². The van der Waals surface area contributed by atoms with Gasteiger partial charge in [0, 0.05) is 44.9 Å². The highest BCUT2D eigenvalue weighted by atomic mass is 32.1. The first kappa shape index (κ1) is 16.4. The predicted molar refractivity (Wildman–Crippen MR) is 89.3 cm³/mol. The molecule has 0 saturated carbocycles. The van der Waals surface area contributed by atoms with Crippen molar-refractivity contribution < 1.29 is 0 Å². The number of aliphatic imine (C=N–C) groups is 1. The molecule has 0 radical (unpaired) electrons. The summed E-state index contributed by atoms with van der Waals surface area (Å²) < 4.78 is 2.05. The number of hydrogen-bond acceptors (Lipinski definition) is 5. The molecule has 2 rings (SSSR count). The van der Waals surface area contributed by atoms with Crippen LogP contribution in [0.25, 0.3) is 0 Å². The molecule has 0 aromatic carbocycles. The minimum atomic E-state index is 0.778. The molecule has 7 nitrogen and oxygen atoms in total. The molecule has 0 fully saturated rings. The summed E-state index contributed by atoms with van der Waals surface area (Å²) in [6.45, 7) is 6.52. The van der Waals surface area contributed by atoms with Crippen LogP contribution in [0.5, 0.6) is 0 Å². The van der Waals surface area contributed by atoms with Gasteiger partial charge in [0.25, 0.3) is 0 Å². The topological polar surface area (TPSA) is 80.0 Å². The monoisotopic (exact) mass is 321 g/mol. The van der Waals surface area contributed by atoms with E-state index in [4.69, 9.17) is 0 Å². The minimum Gasteiger partial charge on any atom is -0.356 e. The van der Waals surface area contributed by atoms with Crippen molar-refractivity contribution in [2.45, 2.75) is 33.2 Å². The molecule has 22 heavy (non-hydrogen) atoms. The van der Waals surface area contributed by atoms with Gasteiger partial charge < -0.3 is 15.2 Å². The highest BCUT2D eigenvalue weighted by Gasteiger charge is 2.03. The molecule has 2 heterocycles. The molecule has 2 aromatic heterocycles. The van der Waals surface area contributed by atoms with Crippen LogP contribution in [0.1, 0.15) is 23.4 Å². The normalized spacial score (nSPS) is 11.7. The van der Waals surface area contributed by atoms with E-state index < -0.39 is 0 Å². The first-order chi connectivity index (χ1) is 10.7. The van der Waals surface area contributed by atoms with Crippen molar-refractivity contribution >= 4 is 17.3 Å². The zero-order valence-electron chi connectivity index (χ0n) is 13.3. The van der Waals surface area contributed by atoms with E-state index in [9.17, 15) is 0 Å². The fourth-order valence-corrected chi connectivity index (χ4v) is 2.73. The van der Waals surface area contributed by atoms with Crippen LogP contribution in [0.3, 0.4) is 0 Å². The number of nitrogens with one attached hydrogen (secondary N) is 2. The van der Waals surface area contributed by atoms with Crippen LogP contribution in [0.2, 0.25) is 0 Å². The summed E-state index contributed by atoms with van der Waals surface area (Å²) in [6.07, 6.45) is 3.55. The largest absolute Gasteiger partial charge is 0.356 e. The van der Waals surface area contributed by atoms with Gasteiger partial charge in [0.05, 0.1) is 10.7 Å². The molecule has 0 spiro atoms. The summed E-state index contributed by atoms with van der Waals surface area (Å²) in [5, 5.41) is 17.8. The predicted octanol–water partition coefficient (Wildman–Crippen LogP) is 1.01. The average Bonchev–Trinajstić information content (AvgIpc) is 3.14. The van der Waals surface area contributed by atoms with Gasteiger partial charge in [-0.25, -0.2) is 4.98 Å². The van der Waals surface area contributed by atoms with Crippen LogP contribution >= 0.6 is 11.3 Å². The first-order valence-electron chi connectivity index (χ1n) is 7.45. The Morgan fingerprint density at radius 1 is 1.36 bits per heavy atom. The SMILES string of the molecule is CCc1nncn1CCNC(=NC)NCCc1csc(C)n1. The van der Waals surface area contributed by atoms with E-state index in [1.54, 1.807) is 24.7 Å². The maximum atomic E-state index is 4.45. The average molecular weight is 321 g/mol. The molecule has 8 heteroatoms. The van der Waals surface area contributed by atoms with Crippen molar-refractivity contribution in [3.63, 3.8) is 0 Å². The molecule has 0 amide bonds. The molecule has 0 aliphatic heterocycles. The fourth-order valence-electron chi connectivity index (χ4n) is 2.09. The van der Waals surface area contributed by atoms with Crippen LogP contribution in [-0.4, -0.2) is 45.8 Å². The van der Waals surface area contributed by atoms with Crippen molar-refractivity contribution in [2.75, 3.05) is 20.1 Å². The van der Waals surface area contributed by atoms with Crippen molar-refractivity contribution in [1.29, 1.82) is 0 Å². The quantitative estimate of drug-likeness (QED) is 0.588. The molecule has 2 N–H and O–H groups in total. The van der Waals surface area contributed by atoms with Crippen LogP contribution in [-0.2, 0) is 19.4 Å². The van der Waals surface area contributed by atoms with Gasteiger partial charge in [-0.2, -0.15) is 0 Å². The highest BCUT2D eigenvalue weighted by Crippen LogP contribution is 2.07. The Hall–Kier alpha value is -1.96. The van der Waals surface area contributed by atoms with Gasteiger partial charge in [0.1, 0.15) is 12.2 Å². The number of thiazole rings is 1. The van der Waals surface area contributed by atoms with Crippen molar-refractivity contribution in [3.8, 4) is 0 Å². The van der Waals surface area contributed by atoms with Crippen LogP contribution in [0.4, 0.5) is 0 Å². The van der Waals surface area contributed by atoms with E-state index in [2.05, 4.69) is 47.7 Å². The lowest BCUT2D eigenvalue weighted by atomic mass is 10.3. The van der Waals surface area contributed by atoms with Gasteiger partial charge in [-0.1, -0.05) is 6.92 Å². The summed E-state index contributed by atoms with van der Waals surface area (Å²) in [5.74, 6) is 1.81. The summed E-state index contributed by atoms with van der Waals surface area (Å²) in [5.41, 5.74) is 1.13. The van der Waals surface area contributed by atoms with Crippen molar-refractivity contribution in [1.82, 2.24) is 30.4 Å². The minimum absolute atomic E-state index is 0.778. The van der Waals surface area contributed by atoms with Crippen molar-refractivity contribution in [2.24, 2.45) is 4.99 Å². The van der Waals surface area contributed by atoms with E-state index in [0.29, 0.717) is 0 Å². The third-order valence-corrected chi connectivity index (χ3v) is 4.04. The lowest BCUT2D eigenvalue weighted by Crippen LogP contribution is -2.39. The van der Waals surface area contributed by atoms with E-state index >= 15 is 0 Å². The Kier molecular flexibility index (Phi) is 6.32. The second kappa shape index (κ2) is 8.47. The van der Waals surface area contributed by atoms with E-state index in [1.807, 2.05) is 6.92 Å². The lowest BCUT2D eigenvalue weighted by molar-refractivity contribution is 0.632. The molecule has 2 aromatic rings. The summed E-state index contributed by atoms with van der Waals surface area (Å²) >= 11 is 1.69. The maximum Gasteiger partial charge on any atom is 0.191 e. The van der Waals surface area contributed by atoms with Gasteiger partial charge in [-0.15, -0.1) is 21.5 Å². The third-order valence-electron chi connectivity index (χ3n) is 3.22. The number of guanidine groups is 1. The Bertz CT molecular complexity index is 602. The zero-order chi connectivity index (χ0) is 15.8. The summed E-state index contributed by atoms with van der Waals surface area (Å²) in [4.78, 5) is 8.67. The Morgan fingerprint density at radius 3 is 2.86 bits per heavy atom. The second-order valence-electron chi connectivity index (χ2n) is 4.83. The third kappa shape index (κ3) is 4.80. The van der Waals surface area contributed by atoms with Crippen LogP contribution in [0, 0.1) is 6.92 Å². The number of hydrogen-bond donors (Lipinski definition) is 2. The first-order valence-corrected chi connectivity index (χ1v) is 8.33. The van der Waals surface area contributed by atoms with E-state index in [-0.39, 0.29) is 0 Å². The molecule has 0 saturated heterocycles. The van der Waals surface area contributed by atoms with Gasteiger partial charge in [0.2, 0.25) is 0 Å². The Balaban J connectivity index is 1.69. The molecule has 0 atom stereocenters. The molecular formula is C14H23N7S. The standard InChI is InChI=1S/C14H23N7S/c1-4-13-20-18-10-21(13)8-7-17-14(15-3)16-6-5-12-9-22-11(2)19-12/h9-10H,4-8H2,1-3H3,(H2,15,16,17). The second-order valence-corrected chi connectivity index (χ2v) is 5.89. The summed E-state index contributed by atoms with van der Waals surface area (Å²) in [7, 11) is 1.78. The summed E-state index contributed by atoms with van der Waals surface area (Å²) in [6, 6.07) is 0. The number of aromatic nitrogens is 4. The van der Waals surface area contributed by atoms with Crippen LogP contribution < -0.4 is 10.6 Å². The van der Waals surface area contributed by atoms with Gasteiger partial charge >= 0.3 is 0 Å². The highest BCUT2D eigenvalue weighted by molar-refractivity contribution is 7.09. The van der Waals surface area contributed by atoms with Gasteiger partial charge in [0.15, 0.2) is 5.96 Å². The lowest BCUT2D eigenvalue weighted by Gasteiger charge is -2.12. The van der Waals surface area contributed by atoms with E-state index in [1.165, 1.54) is 0 Å². The maximum absolute atomic E-state index is 4.45. The van der Waals surface area contributed by atoms with Gasteiger partial charge in [-0.05, 0) is 6.92 Å². The van der Waals surface area contributed by atoms with Crippen molar-refractivity contribution in [3.05, 3.63) is 28.2 Å². The number of aryl methyl sites for hydroxylation is 2. The fraction of sp³-hybridized carbons (Fsp3) is 0.571. The Morgan fingerprint density at radius 2 is 2.18 bits per heavy atom. The number of nitrogens with zero attached hydrogens (tertiary/aromatic N) is 5. The number of rotatable bonds is 7. The van der Waals surface area contributed by atoms with E-state index in [0.717, 1.165) is 55.0 Å². The molecular weight excluding hydrogens is 298 g/mol. The molecule has 0 aliphatic carbocycles. The molecule has 0 aliphatic rings.